The molecule has 9 nitrogen and oxygen atoms in total. The number of esters is 1. The first-order chi connectivity index (χ1) is 22.4. The second kappa shape index (κ2) is 14.5. The summed E-state index contributed by atoms with van der Waals surface area (Å²) in [5.41, 5.74) is 2.78. The van der Waals surface area contributed by atoms with Crippen molar-refractivity contribution in [1.82, 2.24) is 0 Å². The Balaban J connectivity index is 1.41. The highest BCUT2D eigenvalue weighted by atomic mass is 32.2. The van der Waals surface area contributed by atoms with Gasteiger partial charge in [-0.3, -0.25) is 19.7 Å². The molecule has 11 heteroatoms. The molecule has 2 N–H and O–H groups in total. The fourth-order valence-corrected chi connectivity index (χ4v) is 8.06. The van der Waals surface area contributed by atoms with E-state index < -0.39 is 22.0 Å². The monoisotopic (exact) mass is 671 g/mol. The second-order valence-corrected chi connectivity index (χ2v) is 14.7. The number of carbonyl (C=O) groups excluding carboxylic acids is 3. The lowest BCUT2D eigenvalue weighted by Crippen LogP contribution is -2.26. The van der Waals surface area contributed by atoms with Crippen LogP contribution in [0.15, 0.2) is 83.8 Å². The first-order valence-electron chi connectivity index (χ1n) is 15.4. The summed E-state index contributed by atoms with van der Waals surface area (Å²) in [5, 5.41) is 16.9. The summed E-state index contributed by atoms with van der Waals surface area (Å²) in [6.45, 7) is 8.72. The molecule has 0 bridgehead atoms. The molecule has 4 aromatic rings. The number of amides is 2. The highest BCUT2D eigenvalue weighted by Crippen LogP contribution is 2.45. The third-order valence-corrected chi connectivity index (χ3v) is 10.6. The van der Waals surface area contributed by atoms with Crippen molar-refractivity contribution in [3.8, 4) is 0 Å². The number of hydrogen-bond donors (Lipinski definition) is 2. The zero-order chi connectivity index (χ0) is 33.7. The average molecular weight is 672 g/mol. The number of carbonyl (C=O) groups is 3. The van der Waals surface area contributed by atoms with E-state index in [0.29, 0.717) is 22.2 Å². The number of nitrogens with zero attached hydrogens (tertiary/aromatic N) is 1. The van der Waals surface area contributed by atoms with Gasteiger partial charge in [-0.2, -0.15) is 0 Å². The summed E-state index contributed by atoms with van der Waals surface area (Å²) in [5.74, 6) is -0.742. The maximum absolute atomic E-state index is 14.1. The predicted molar refractivity (Wildman–Crippen MR) is 186 cm³/mol. The van der Waals surface area contributed by atoms with Gasteiger partial charge in [0, 0.05) is 33.2 Å². The lowest BCUT2D eigenvalue weighted by Gasteiger charge is -2.33. The molecular weight excluding hydrogens is 635 g/mol. The zero-order valence-corrected chi connectivity index (χ0v) is 28.3. The SMILES string of the molecule is CCOC(=O)c1c(NC(=O)C(Sc2cccc(NC(=O)c3cccc([N+](=O)[O-])c3)c2)c2ccccc2)sc2c1CCC(C(C)(C)C)C2. The fourth-order valence-electron chi connectivity index (χ4n) is 5.66. The Bertz CT molecular complexity index is 1800. The molecule has 0 fully saturated rings. The van der Waals surface area contributed by atoms with Crippen LogP contribution in [0, 0.1) is 21.4 Å². The maximum Gasteiger partial charge on any atom is 0.341 e. The number of anilines is 2. The standard InChI is InChI=1S/C36H37N3O6S2/c1-5-45-35(42)30-28-18-17-24(36(2,3)4)20-29(28)47-34(30)38-33(41)31(22-11-7-6-8-12-22)46-27-16-10-14-25(21-27)37-32(40)23-13-9-15-26(19-23)39(43)44/h6-16,19,21,24,31H,5,17-18,20H2,1-4H3,(H,37,40)(H,38,41). The van der Waals surface area contributed by atoms with Crippen molar-refractivity contribution < 1.29 is 24.0 Å². The van der Waals surface area contributed by atoms with E-state index in [-0.39, 0.29) is 29.2 Å². The Labute approximate surface area is 282 Å². The highest BCUT2D eigenvalue weighted by molar-refractivity contribution is 8.00. The number of nitrogens with one attached hydrogen (secondary N) is 2. The Hall–Kier alpha value is -4.48. The molecule has 1 aliphatic rings. The van der Waals surface area contributed by atoms with Crippen molar-refractivity contribution in [2.75, 3.05) is 17.2 Å². The van der Waals surface area contributed by atoms with Crippen LogP contribution in [-0.2, 0) is 22.4 Å². The molecule has 244 valence electrons. The smallest absolute Gasteiger partial charge is 0.341 e. The minimum atomic E-state index is -0.685. The topological polar surface area (TPSA) is 128 Å². The minimum absolute atomic E-state index is 0.122. The van der Waals surface area contributed by atoms with E-state index in [1.165, 1.54) is 47.4 Å². The highest BCUT2D eigenvalue weighted by Gasteiger charge is 2.35. The van der Waals surface area contributed by atoms with Gasteiger partial charge >= 0.3 is 5.97 Å². The van der Waals surface area contributed by atoms with Crippen molar-refractivity contribution in [2.45, 2.75) is 57.1 Å². The molecule has 0 radical (unpaired) electrons. The van der Waals surface area contributed by atoms with Gasteiger partial charge in [-0.15, -0.1) is 23.1 Å². The molecule has 47 heavy (non-hydrogen) atoms. The van der Waals surface area contributed by atoms with Crippen LogP contribution in [0.2, 0.25) is 0 Å². The molecule has 1 heterocycles. The Morgan fingerprint density at radius 1 is 1.02 bits per heavy atom. The molecule has 0 saturated heterocycles. The number of fused-ring (bicyclic) bond motifs is 1. The molecule has 2 amide bonds. The van der Waals surface area contributed by atoms with Gasteiger partial charge in [-0.1, -0.05) is 63.2 Å². The van der Waals surface area contributed by atoms with E-state index in [4.69, 9.17) is 4.74 Å². The number of rotatable bonds is 10. The van der Waals surface area contributed by atoms with Crippen LogP contribution < -0.4 is 10.6 Å². The zero-order valence-electron chi connectivity index (χ0n) is 26.7. The fraction of sp³-hybridized carbons (Fsp3) is 0.306. The summed E-state index contributed by atoms with van der Waals surface area (Å²) in [7, 11) is 0. The summed E-state index contributed by atoms with van der Waals surface area (Å²) < 4.78 is 5.45. The van der Waals surface area contributed by atoms with Crippen LogP contribution in [-0.4, -0.2) is 29.3 Å². The summed E-state index contributed by atoms with van der Waals surface area (Å²) in [4.78, 5) is 52.7. The predicted octanol–water partition coefficient (Wildman–Crippen LogP) is 8.71. The Kier molecular flexibility index (Phi) is 10.5. The Morgan fingerprint density at radius 2 is 1.77 bits per heavy atom. The molecule has 1 aliphatic carbocycles. The van der Waals surface area contributed by atoms with Gasteiger partial charge in [0.1, 0.15) is 10.3 Å². The summed E-state index contributed by atoms with van der Waals surface area (Å²) in [6.07, 6.45) is 2.56. The van der Waals surface area contributed by atoms with Gasteiger partial charge in [-0.25, -0.2) is 4.79 Å². The molecular formula is C36H37N3O6S2. The van der Waals surface area contributed by atoms with Crippen molar-refractivity contribution >= 4 is 57.3 Å². The number of ether oxygens (including phenoxy) is 1. The summed E-state index contributed by atoms with van der Waals surface area (Å²) >= 11 is 2.77. The maximum atomic E-state index is 14.1. The van der Waals surface area contributed by atoms with Crippen LogP contribution in [0.4, 0.5) is 16.4 Å². The first kappa shape index (κ1) is 33.9. The lowest BCUT2D eigenvalue weighted by atomic mass is 9.72. The minimum Gasteiger partial charge on any atom is -0.462 e. The van der Waals surface area contributed by atoms with Crippen LogP contribution in [0.25, 0.3) is 0 Å². The molecule has 1 aromatic heterocycles. The molecule has 3 aromatic carbocycles. The quantitative estimate of drug-likeness (QED) is 0.0747. The van der Waals surface area contributed by atoms with Gasteiger partial charge in [0.15, 0.2) is 0 Å². The second-order valence-electron chi connectivity index (χ2n) is 12.4. The van der Waals surface area contributed by atoms with Crippen molar-refractivity contribution in [2.24, 2.45) is 11.3 Å². The third kappa shape index (κ3) is 8.09. The van der Waals surface area contributed by atoms with E-state index in [9.17, 15) is 24.5 Å². The van der Waals surface area contributed by atoms with Gasteiger partial charge in [0.25, 0.3) is 11.6 Å². The number of thioether (sulfide) groups is 1. The van der Waals surface area contributed by atoms with Crippen molar-refractivity contribution in [1.29, 1.82) is 0 Å². The van der Waals surface area contributed by atoms with Crippen LogP contribution in [0.3, 0.4) is 0 Å². The lowest BCUT2D eigenvalue weighted by molar-refractivity contribution is -0.384. The average Bonchev–Trinajstić information content (AvgIpc) is 3.41. The number of nitro benzene ring substituents is 1. The number of non-ortho nitro benzene ring substituents is 1. The normalized spacial score (nSPS) is 14.9. The van der Waals surface area contributed by atoms with E-state index >= 15 is 0 Å². The molecule has 2 unspecified atom stereocenters. The van der Waals surface area contributed by atoms with Gasteiger partial charge in [0.05, 0.1) is 17.1 Å². The third-order valence-electron chi connectivity index (χ3n) is 8.21. The molecule has 0 aliphatic heterocycles. The number of thiophene rings is 1. The molecule has 0 saturated carbocycles. The van der Waals surface area contributed by atoms with E-state index in [0.717, 1.165) is 40.2 Å². The summed E-state index contributed by atoms with van der Waals surface area (Å²) in [6, 6.07) is 22.0. The van der Waals surface area contributed by atoms with Gasteiger partial charge in [0.2, 0.25) is 5.91 Å². The van der Waals surface area contributed by atoms with E-state index in [2.05, 4.69) is 31.4 Å². The van der Waals surface area contributed by atoms with Crippen LogP contribution >= 0.6 is 23.1 Å². The Morgan fingerprint density at radius 3 is 2.47 bits per heavy atom. The van der Waals surface area contributed by atoms with Crippen molar-refractivity contribution in [3.63, 3.8) is 0 Å². The van der Waals surface area contributed by atoms with E-state index in [1.54, 1.807) is 25.1 Å². The van der Waals surface area contributed by atoms with Gasteiger partial charge in [-0.05, 0) is 72.9 Å². The number of benzene rings is 3. The first-order valence-corrected chi connectivity index (χ1v) is 17.1. The van der Waals surface area contributed by atoms with E-state index in [1.807, 2.05) is 36.4 Å². The molecule has 5 rings (SSSR count). The number of nitro groups is 1. The van der Waals surface area contributed by atoms with Gasteiger partial charge < -0.3 is 15.4 Å². The van der Waals surface area contributed by atoms with Crippen molar-refractivity contribution in [3.05, 3.63) is 116 Å². The van der Waals surface area contributed by atoms with Crippen LogP contribution in [0.1, 0.15) is 76.1 Å². The molecule has 0 spiro atoms. The molecule has 2 atom stereocenters. The number of hydrogen-bond acceptors (Lipinski definition) is 8. The largest absolute Gasteiger partial charge is 0.462 e. The van der Waals surface area contributed by atoms with Crippen LogP contribution in [0.5, 0.6) is 0 Å².